The van der Waals surface area contributed by atoms with E-state index in [0.29, 0.717) is 0 Å². The van der Waals surface area contributed by atoms with E-state index in [0.717, 1.165) is 18.6 Å². The van der Waals surface area contributed by atoms with Gasteiger partial charge in [-0.1, -0.05) is 15.9 Å². The molecule has 1 aromatic carbocycles. The number of halogens is 2. The minimum atomic E-state index is -0.0515. The van der Waals surface area contributed by atoms with Crippen molar-refractivity contribution >= 4 is 82.2 Å². The molecule has 1 N–H and O–H groups in total. The van der Waals surface area contributed by atoms with E-state index in [-0.39, 0.29) is 5.91 Å². The summed E-state index contributed by atoms with van der Waals surface area (Å²) in [6, 6.07) is 9.83. The third-order valence-electron chi connectivity index (χ3n) is 2.54. The molecule has 6 heteroatoms. The molecule has 96 valence electrons. The molecule has 0 aliphatic heterocycles. The quantitative estimate of drug-likeness (QED) is 0.493. The number of anilines is 1. The highest BCUT2D eigenvalue weighted by atomic mass is 127. The van der Waals surface area contributed by atoms with E-state index in [9.17, 15) is 4.79 Å². The van der Waals surface area contributed by atoms with E-state index < -0.39 is 0 Å². The van der Waals surface area contributed by atoms with Crippen molar-refractivity contribution in [3.05, 3.63) is 48.6 Å². The molecule has 0 spiro atoms. The second-order valence-corrected chi connectivity index (χ2v) is 7.95. The highest BCUT2D eigenvalue weighted by molar-refractivity contribution is 14.1. The molecule has 0 saturated carbocycles. The Kier molecular flexibility index (Phi) is 3.93. The molecule has 2 nitrogen and oxygen atoms in total. The van der Waals surface area contributed by atoms with Crippen LogP contribution in [0.1, 0.15) is 9.67 Å². The molecule has 0 saturated heterocycles. The monoisotopic (exact) mass is 463 g/mol. The van der Waals surface area contributed by atoms with Gasteiger partial charge in [0.25, 0.3) is 5.91 Å². The lowest BCUT2D eigenvalue weighted by Crippen LogP contribution is -2.11. The molecule has 0 aliphatic rings. The molecule has 19 heavy (non-hydrogen) atoms. The first-order valence-electron chi connectivity index (χ1n) is 5.37. The van der Waals surface area contributed by atoms with E-state index in [4.69, 9.17) is 0 Å². The number of fused-ring (bicyclic) bond motifs is 1. The standard InChI is InChI=1S/C13H7BrINOS2/c14-7-1-2-8(15)9(5-7)16-13(17)12-6-11-10(19-12)3-4-18-11/h1-6H,(H,16,17). The number of hydrogen-bond acceptors (Lipinski definition) is 3. The van der Waals surface area contributed by atoms with E-state index in [1.807, 2.05) is 35.7 Å². The Balaban J connectivity index is 1.88. The summed E-state index contributed by atoms with van der Waals surface area (Å²) in [5.41, 5.74) is 0.830. The second kappa shape index (κ2) is 5.51. The van der Waals surface area contributed by atoms with Crippen LogP contribution in [0.3, 0.4) is 0 Å². The zero-order chi connectivity index (χ0) is 13.4. The van der Waals surface area contributed by atoms with Gasteiger partial charge in [0.1, 0.15) is 0 Å². The van der Waals surface area contributed by atoms with Crippen LogP contribution in [0.4, 0.5) is 5.69 Å². The van der Waals surface area contributed by atoms with Crippen molar-refractivity contribution in [1.29, 1.82) is 0 Å². The summed E-state index contributed by atoms with van der Waals surface area (Å²) in [6.45, 7) is 0. The Morgan fingerprint density at radius 1 is 1.21 bits per heavy atom. The van der Waals surface area contributed by atoms with Gasteiger partial charge in [0, 0.05) is 17.4 Å². The van der Waals surface area contributed by atoms with Gasteiger partial charge in [-0.2, -0.15) is 0 Å². The minimum Gasteiger partial charge on any atom is -0.320 e. The Hall–Kier alpha value is -0.440. The topological polar surface area (TPSA) is 29.1 Å². The summed E-state index contributed by atoms with van der Waals surface area (Å²) >= 11 is 8.81. The average Bonchev–Trinajstić information content (AvgIpc) is 2.94. The number of rotatable bonds is 2. The van der Waals surface area contributed by atoms with Gasteiger partial charge < -0.3 is 5.32 Å². The lowest BCUT2D eigenvalue weighted by molar-refractivity contribution is 0.103. The van der Waals surface area contributed by atoms with Crippen LogP contribution in [0, 0.1) is 3.57 Å². The molecule has 0 aliphatic carbocycles. The maximum absolute atomic E-state index is 12.2. The average molecular weight is 464 g/mol. The zero-order valence-corrected chi connectivity index (χ0v) is 14.8. The van der Waals surface area contributed by atoms with Crippen molar-refractivity contribution in [3.8, 4) is 0 Å². The summed E-state index contributed by atoms with van der Waals surface area (Å²) in [5.74, 6) is -0.0515. The van der Waals surface area contributed by atoms with Crippen molar-refractivity contribution in [1.82, 2.24) is 0 Å². The molecule has 0 fully saturated rings. The van der Waals surface area contributed by atoms with Crippen LogP contribution in [-0.2, 0) is 0 Å². The highest BCUT2D eigenvalue weighted by Crippen LogP contribution is 2.31. The number of thiophene rings is 2. The van der Waals surface area contributed by atoms with Gasteiger partial charge in [0.2, 0.25) is 0 Å². The molecule has 0 radical (unpaired) electrons. The van der Waals surface area contributed by atoms with Gasteiger partial charge >= 0.3 is 0 Å². The van der Waals surface area contributed by atoms with E-state index in [2.05, 4.69) is 43.8 Å². The van der Waals surface area contributed by atoms with E-state index in [1.54, 1.807) is 11.3 Å². The molecule has 0 unspecified atom stereocenters. The fraction of sp³-hybridized carbons (Fsp3) is 0. The molecular formula is C13H7BrINOS2. The number of hydrogen-bond donors (Lipinski definition) is 1. The van der Waals surface area contributed by atoms with Gasteiger partial charge in [-0.25, -0.2) is 0 Å². The normalized spacial score (nSPS) is 10.8. The van der Waals surface area contributed by atoms with Crippen LogP contribution < -0.4 is 5.32 Å². The Morgan fingerprint density at radius 2 is 2.05 bits per heavy atom. The van der Waals surface area contributed by atoms with Gasteiger partial charge in [-0.05, 0) is 58.3 Å². The number of carbonyl (C=O) groups is 1. The Bertz CT molecular complexity index is 736. The summed E-state index contributed by atoms with van der Waals surface area (Å²) in [5, 5.41) is 5.00. The van der Waals surface area contributed by atoms with Crippen molar-refractivity contribution in [2.24, 2.45) is 0 Å². The molecule has 2 heterocycles. The number of benzene rings is 1. The molecule has 0 atom stereocenters. The maximum atomic E-state index is 12.2. The third-order valence-corrected chi connectivity index (χ3v) is 6.07. The van der Waals surface area contributed by atoms with Crippen molar-refractivity contribution in [3.63, 3.8) is 0 Å². The Morgan fingerprint density at radius 3 is 2.84 bits per heavy atom. The molecule has 2 aromatic heterocycles. The number of amides is 1. The fourth-order valence-corrected chi connectivity index (χ4v) is 4.49. The van der Waals surface area contributed by atoms with Crippen LogP contribution in [0.15, 0.2) is 40.2 Å². The van der Waals surface area contributed by atoms with Gasteiger partial charge in [0.15, 0.2) is 0 Å². The van der Waals surface area contributed by atoms with Crippen molar-refractivity contribution in [2.75, 3.05) is 5.32 Å². The minimum absolute atomic E-state index is 0.0515. The first kappa shape index (κ1) is 13.5. The van der Waals surface area contributed by atoms with Crippen LogP contribution in [0.2, 0.25) is 0 Å². The molecule has 3 aromatic rings. The van der Waals surface area contributed by atoms with E-state index >= 15 is 0 Å². The first-order chi connectivity index (χ1) is 9.13. The van der Waals surface area contributed by atoms with E-state index in [1.165, 1.54) is 20.7 Å². The van der Waals surface area contributed by atoms with Crippen LogP contribution >= 0.6 is 61.2 Å². The molecule has 0 bridgehead atoms. The highest BCUT2D eigenvalue weighted by Gasteiger charge is 2.12. The largest absolute Gasteiger partial charge is 0.320 e. The maximum Gasteiger partial charge on any atom is 0.265 e. The van der Waals surface area contributed by atoms with Crippen molar-refractivity contribution < 1.29 is 4.79 Å². The number of nitrogens with one attached hydrogen (secondary N) is 1. The summed E-state index contributed by atoms with van der Waals surface area (Å²) < 4.78 is 4.31. The fourth-order valence-electron chi connectivity index (χ4n) is 1.65. The summed E-state index contributed by atoms with van der Waals surface area (Å²) in [7, 11) is 0. The summed E-state index contributed by atoms with van der Waals surface area (Å²) in [6.07, 6.45) is 0. The first-order valence-corrected chi connectivity index (χ1v) is 8.94. The molecular weight excluding hydrogens is 457 g/mol. The van der Waals surface area contributed by atoms with Crippen molar-refractivity contribution in [2.45, 2.75) is 0 Å². The number of carbonyl (C=O) groups excluding carboxylic acids is 1. The van der Waals surface area contributed by atoms with Crippen LogP contribution in [-0.4, -0.2) is 5.91 Å². The second-order valence-electron chi connectivity index (χ2n) is 3.84. The van der Waals surface area contributed by atoms with Gasteiger partial charge in [-0.15, -0.1) is 22.7 Å². The van der Waals surface area contributed by atoms with Gasteiger partial charge in [0.05, 0.1) is 10.6 Å². The lowest BCUT2D eigenvalue weighted by Gasteiger charge is -2.06. The summed E-state index contributed by atoms with van der Waals surface area (Å²) in [4.78, 5) is 13.0. The van der Waals surface area contributed by atoms with Crippen LogP contribution in [0.25, 0.3) is 9.40 Å². The predicted molar refractivity (Wildman–Crippen MR) is 94.5 cm³/mol. The van der Waals surface area contributed by atoms with Crippen LogP contribution in [0.5, 0.6) is 0 Å². The molecule has 1 amide bonds. The SMILES string of the molecule is O=C(Nc1cc(Br)ccc1I)c1cc2sccc2s1. The zero-order valence-electron chi connectivity index (χ0n) is 9.44. The van der Waals surface area contributed by atoms with Gasteiger partial charge in [-0.3, -0.25) is 4.79 Å². The lowest BCUT2D eigenvalue weighted by atomic mass is 10.3. The third kappa shape index (κ3) is 2.86. The smallest absolute Gasteiger partial charge is 0.265 e. The Labute approximate surface area is 140 Å². The molecule has 3 rings (SSSR count). The predicted octanol–water partition coefficient (Wildman–Crippen LogP) is 5.58.